The van der Waals surface area contributed by atoms with Crippen LogP contribution in [0.2, 0.25) is 0 Å². The molecule has 0 amide bonds. The molecule has 6 nitrogen and oxygen atoms in total. The Kier molecular flexibility index (Phi) is 4.94. The number of benzene rings is 1. The van der Waals surface area contributed by atoms with Gasteiger partial charge in [-0.05, 0) is 64.2 Å². The molecule has 5 heterocycles. The summed E-state index contributed by atoms with van der Waals surface area (Å²) in [5.41, 5.74) is 4.32. The summed E-state index contributed by atoms with van der Waals surface area (Å²) in [5, 5.41) is 0.969. The number of aryl methyl sites for hydroxylation is 1. The summed E-state index contributed by atoms with van der Waals surface area (Å²) >= 11 is 0. The molecule has 172 valence electrons. The molecule has 6 heteroatoms. The molecule has 6 rings (SSSR count). The number of nitrogens with one attached hydrogen (secondary N) is 1. The van der Waals surface area contributed by atoms with Crippen LogP contribution in [0.25, 0.3) is 10.9 Å². The SMILES string of the molecule is Cc1[nH]c2ccc3c(c2c1C(=O)OC(C)c1cccnc1)CC1CCCN2CCCCC12O3. The number of fused-ring (bicyclic) bond motifs is 3. The molecule has 1 spiro atoms. The van der Waals surface area contributed by atoms with Gasteiger partial charge in [0.15, 0.2) is 5.72 Å². The Morgan fingerprint density at radius 3 is 3.00 bits per heavy atom. The number of nitrogens with zero attached hydrogens (tertiary/aromatic N) is 2. The zero-order valence-corrected chi connectivity index (χ0v) is 19.4. The van der Waals surface area contributed by atoms with E-state index in [1.165, 1.54) is 25.7 Å². The van der Waals surface area contributed by atoms with Crippen molar-refractivity contribution in [3.63, 3.8) is 0 Å². The largest absolute Gasteiger partial charge is 0.472 e. The van der Waals surface area contributed by atoms with Gasteiger partial charge in [0.1, 0.15) is 11.9 Å². The van der Waals surface area contributed by atoms with Gasteiger partial charge in [-0.2, -0.15) is 0 Å². The highest BCUT2D eigenvalue weighted by Crippen LogP contribution is 2.50. The highest BCUT2D eigenvalue weighted by molar-refractivity contribution is 6.07. The van der Waals surface area contributed by atoms with Crippen molar-refractivity contribution in [3.05, 3.63) is 59.0 Å². The lowest BCUT2D eigenvalue weighted by atomic mass is 9.74. The standard InChI is InChI=1S/C27H31N3O3/c1-17-24(26(31)32-18(2)19-7-5-12-28-16-19)25-21-15-20-8-6-14-30-13-4-3-11-27(20,30)33-23(21)10-9-22(25)29-17/h5,7,9-10,12,16,18,20,29H,3-4,6,8,11,13-15H2,1-2H3. The van der Waals surface area contributed by atoms with E-state index in [-0.39, 0.29) is 17.8 Å². The Morgan fingerprint density at radius 1 is 1.27 bits per heavy atom. The van der Waals surface area contributed by atoms with Crippen LogP contribution in [-0.4, -0.2) is 39.7 Å². The second-order valence-electron chi connectivity index (χ2n) is 9.86. The van der Waals surface area contributed by atoms with Crippen molar-refractivity contribution < 1.29 is 14.3 Å². The van der Waals surface area contributed by atoms with Crippen LogP contribution in [-0.2, 0) is 11.2 Å². The molecule has 1 aromatic carbocycles. The fourth-order valence-electron chi connectivity index (χ4n) is 6.37. The number of pyridine rings is 1. The molecule has 0 bridgehead atoms. The topological polar surface area (TPSA) is 67.5 Å². The zero-order valence-electron chi connectivity index (χ0n) is 19.4. The molecular weight excluding hydrogens is 414 g/mol. The van der Waals surface area contributed by atoms with Gasteiger partial charge in [-0.3, -0.25) is 9.88 Å². The molecule has 3 unspecified atom stereocenters. The predicted octanol–water partition coefficient (Wildman–Crippen LogP) is 5.32. The van der Waals surface area contributed by atoms with Gasteiger partial charge in [-0.15, -0.1) is 0 Å². The summed E-state index contributed by atoms with van der Waals surface area (Å²) in [4.78, 5) is 23.6. The fourth-order valence-corrected chi connectivity index (χ4v) is 6.37. The minimum atomic E-state index is -0.372. The number of H-pyrrole nitrogens is 1. The number of esters is 1. The number of aromatic amines is 1. The molecular formula is C27H31N3O3. The lowest BCUT2D eigenvalue weighted by molar-refractivity contribution is -0.177. The summed E-state index contributed by atoms with van der Waals surface area (Å²) in [5.74, 6) is 1.09. The minimum Gasteiger partial charge on any atom is -0.472 e. The molecule has 33 heavy (non-hydrogen) atoms. The predicted molar refractivity (Wildman–Crippen MR) is 126 cm³/mol. The highest BCUT2D eigenvalue weighted by Gasteiger charge is 2.52. The summed E-state index contributed by atoms with van der Waals surface area (Å²) in [6.45, 7) is 6.09. The van der Waals surface area contributed by atoms with E-state index >= 15 is 0 Å². The van der Waals surface area contributed by atoms with Gasteiger partial charge >= 0.3 is 5.97 Å². The van der Waals surface area contributed by atoms with Crippen molar-refractivity contribution in [1.29, 1.82) is 0 Å². The second-order valence-corrected chi connectivity index (χ2v) is 9.86. The maximum atomic E-state index is 13.4. The van der Waals surface area contributed by atoms with Gasteiger partial charge in [0, 0.05) is 65.5 Å². The third-order valence-corrected chi connectivity index (χ3v) is 7.96. The lowest BCUT2D eigenvalue weighted by Crippen LogP contribution is -2.64. The quantitative estimate of drug-likeness (QED) is 0.553. The van der Waals surface area contributed by atoms with Gasteiger partial charge in [-0.1, -0.05) is 6.07 Å². The van der Waals surface area contributed by atoms with Gasteiger partial charge in [0.25, 0.3) is 0 Å². The fraction of sp³-hybridized carbons (Fsp3) is 0.481. The average molecular weight is 446 g/mol. The molecule has 2 aromatic heterocycles. The number of carbonyl (C=O) groups is 1. The first-order valence-electron chi connectivity index (χ1n) is 12.3. The second kappa shape index (κ2) is 7.87. The smallest absolute Gasteiger partial charge is 0.341 e. The van der Waals surface area contributed by atoms with E-state index in [2.05, 4.69) is 27.0 Å². The third kappa shape index (κ3) is 3.26. The van der Waals surface area contributed by atoms with Crippen LogP contribution in [0, 0.1) is 12.8 Å². The number of piperidine rings is 2. The lowest BCUT2D eigenvalue weighted by Gasteiger charge is -2.56. The van der Waals surface area contributed by atoms with Crippen molar-refractivity contribution in [2.45, 2.75) is 64.2 Å². The van der Waals surface area contributed by atoms with Gasteiger partial charge in [0.05, 0.1) is 5.56 Å². The maximum Gasteiger partial charge on any atom is 0.341 e. The van der Waals surface area contributed by atoms with Crippen LogP contribution in [0.5, 0.6) is 5.75 Å². The van der Waals surface area contributed by atoms with E-state index in [0.717, 1.165) is 59.4 Å². The molecule has 2 fully saturated rings. The van der Waals surface area contributed by atoms with E-state index in [9.17, 15) is 4.79 Å². The summed E-state index contributed by atoms with van der Waals surface area (Å²) in [6, 6.07) is 7.93. The number of ether oxygens (including phenoxy) is 2. The van der Waals surface area contributed by atoms with E-state index in [1.807, 2.05) is 26.0 Å². The monoisotopic (exact) mass is 445 g/mol. The maximum absolute atomic E-state index is 13.4. The first-order chi connectivity index (χ1) is 16.1. The number of aromatic nitrogens is 2. The summed E-state index contributed by atoms with van der Waals surface area (Å²) in [7, 11) is 0. The number of rotatable bonds is 3. The van der Waals surface area contributed by atoms with Gasteiger partial charge < -0.3 is 14.5 Å². The molecule has 3 atom stereocenters. The molecule has 3 aliphatic rings. The van der Waals surface area contributed by atoms with Crippen LogP contribution >= 0.6 is 0 Å². The molecule has 3 aliphatic heterocycles. The van der Waals surface area contributed by atoms with E-state index in [0.29, 0.717) is 11.5 Å². The minimum absolute atomic E-state index is 0.169. The van der Waals surface area contributed by atoms with E-state index in [4.69, 9.17) is 9.47 Å². The number of hydrogen-bond donors (Lipinski definition) is 1. The number of carbonyl (C=O) groups excluding carboxylic acids is 1. The third-order valence-electron chi connectivity index (χ3n) is 7.96. The van der Waals surface area contributed by atoms with Crippen LogP contribution < -0.4 is 4.74 Å². The van der Waals surface area contributed by atoms with Crippen LogP contribution in [0.3, 0.4) is 0 Å². The summed E-state index contributed by atoms with van der Waals surface area (Å²) < 4.78 is 12.8. The van der Waals surface area contributed by atoms with Crippen molar-refractivity contribution >= 4 is 16.9 Å². The van der Waals surface area contributed by atoms with Gasteiger partial charge in [-0.25, -0.2) is 4.79 Å². The molecule has 0 saturated carbocycles. The van der Waals surface area contributed by atoms with Crippen molar-refractivity contribution in [1.82, 2.24) is 14.9 Å². The molecule has 0 radical (unpaired) electrons. The molecule has 3 aromatic rings. The van der Waals surface area contributed by atoms with Crippen LogP contribution in [0.4, 0.5) is 0 Å². The van der Waals surface area contributed by atoms with Crippen molar-refractivity contribution in [2.75, 3.05) is 13.1 Å². The van der Waals surface area contributed by atoms with Crippen molar-refractivity contribution in [2.24, 2.45) is 5.92 Å². The Hall–Kier alpha value is -2.86. The molecule has 1 N–H and O–H groups in total. The Morgan fingerprint density at radius 2 is 2.15 bits per heavy atom. The average Bonchev–Trinajstić information content (AvgIpc) is 3.18. The van der Waals surface area contributed by atoms with E-state index in [1.54, 1.807) is 12.4 Å². The van der Waals surface area contributed by atoms with Crippen LogP contribution in [0.1, 0.15) is 72.3 Å². The molecule has 2 saturated heterocycles. The Balaban J connectivity index is 1.39. The zero-order chi connectivity index (χ0) is 22.6. The number of hydrogen-bond acceptors (Lipinski definition) is 5. The molecule has 0 aliphatic carbocycles. The summed E-state index contributed by atoms with van der Waals surface area (Å²) in [6.07, 6.45) is 10.00. The normalized spacial score (nSPS) is 25.5. The van der Waals surface area contributed by atoms with E-state index < -0.39 is 0 Å². The van der Waals surface area contributed by atoms with Crippen molar-refractivity contribution in [3.8, 4) is 5.75 Å². The van der Waals surface area contributed by atoms with Gasteiger partial charge in [0.2, 0.25) is 0 Å². The first-order valence-corrected chi connectivity index (χ1v) is 12.3. The highest BCUT2D eigenvalue weighted by atomic mass is 16.5. The van der Waals surface area contributed by atoms with Crippen LogP contribution in [0.15, 0.2) is 36.7 Å². The Labute approximate surface area is 194 Å². The first kappa shape index (κ1) is 20.7. The Bertz CT molecular complexity index is 1200.